The Labute approximate surface area is 160 Å². The molecule has 0 radical (unpaired) electrons. The Bertz CT molecular complexity index is 539. The lowest BCUT2D eigenvalue weighted by Gasteiger charge is -2.34. The molecule has 24 heavy (non-hydrogen) atoms. The van der Waals surface area contributed by atoms with Crippen molar-refractivity contribution in [1.82, 2.24) is 10.2 Å². The summed E-state index contributed by atoms with van der Waals surface area (Å²) in [5.74, 6) is 1.41. The second kappa shape index (κ2) is 8.05. The zero-order valence-electron chi connectivity index (χ0n) is 14.5. The molecule has 0 amide bonds. The second-order valence-electron chi connectivity index (χ2n) is 6.94. The van der Waals surface area contributed by atoms with Crippen molar-refractivity contribution in [3.8, 4) is 0 Å². The number of furan rings is 1. The summed E-state index contributed by atoms with van der Waals surface area (Å²) in [6.45, 7) is 5.86. The van der Waals surface area contributed by atoms with Crippen LogP contribution in [0.5, 0.6) is 0 Å². The molecule has 0 bridgehead atoms. The van der Waals surface area contributed by atoms with Crippen molar-refractivity contribution >= 4 is 29.9 Å². The standard InChI is InChI=1S/C17H27N3O3.HI/c1-16(21,14-4-3-9-23-14)12-19-15(18-2)20-8-5-17(13-20)6-10-22-11-7-17;/h3-4,9,21H,5-8,10-13H2,1-2H3,(H,18,19);1H. The van der Waals surface area contributed by atoms with Gasteiger partial charge >= 0.3 is 0 Å². The summed E-state index contributed by atoms with van der Waals surface area (Å²) in [7, 11) is 1.79. The Kier molecular flexibility index (Phi) is 6.55. The Balaban J connectivity index is 0.00000208. The largest absolute Gasteiger partial charge is 0.466 e. The first-order chi connectivity index (χ1) is 11.0. The number of likely N-dealkylation sites (tertiary alicyclic amines) is 1. The van der Waals surface area contributed by atoms with Gasteiger partial charge in [-0.3, -0.25) is 4.99 Å². The summed E-state index contributed by atoms with van der Waals surface area (Å²) >= 11 is 0. The molecule has 0 saturated carbocycles. The SMILES string of the molecule is CN=C(NCC(C)(O)c1ccco1)N1CCC2(CCOCC2)C1.I. The number of hydrogen-bond acceptors (Lipinski definition) is 4. The molecule has 3 heterocycles. The van der Waals surface area contributed by atoms with Crippen LogP contribution in [0.1, 0.15) is 31.9 Å². The minimum absolute atomic E-state index is 0. The van der Waals surface area contributed by atoms with Gasteiger partial charge in [0.25, 0.3) is 0 Å². The maximum Gasteiger partial charge on any atom is 0.193 e. The highest BCUT2D eigenvalue weighted by molar-refractivity contribution is 14.0. The third-order valence-corrected chi connectivity index (χ3v) is 5.15. The van der Waals surface area contributed by atoms with Crippen molar-refractivity contribution in [2.45, 2.75) is 31.8 Å². The summed E-state index contributed by atoms with van der Waals surface area (Å²) in [5, 5.41) is 13.9. The first kappa shape index (κ1) is 19.5. The fourth-order valence-corrected chi connectivity index (χ4v) is 3.58. The highest BCUT2D eigenvalue weighted by Crippen LogP contribution is 2.39. The monoisotopic (exact) mass is 449 g/mol. The van der Waals surface area contributed by atoms with Gasteiger partial charge in [-0.25, -0.2) is 0 Å². The zero-order chi connectivity index (χ0) is 16.3. The summed E-state index contributed by atoms with van der Waals surface area (Å²) < 4.78 is 10.8. The van der Waals surface area contributed by atoms with E-state index in [1.165, 1.54) is 6.42 Å². The van der Waals surface area contributed by atoms with Gasteiger partial charge in [-0.2, -0.15) is 0 Å². The molecule has 7 heteroatoms. The van der Waals surface area contributed by atoms with E-state index in [9.17, 15) is 5.11 Å². The smallest absolute Gasteiger partial charge is 0.193 e. The highest BCUT2D eigenvalue weighted by Gasteiger charge is 2.40. The molecular formula is C17H28IN3O3. The average molecular weight is 449 g/mol. The molecule has 2 aliphatic rings. The normalized spacial score (nSPS) is 23.0. The van der Waals surface area contributed by atoms with Crippen molar-refractivity contribution in [1.29, 1.82) is 0 Å². The molecule has 1 atom stereocenters. The molecule has 1 aromatic heterocycles. The molecular weight excluding hydrogens is 421 g/mol. The molecule has 1 aromatic rings. The number of nitrogens with zero attached hydrogens (tertiary/aromatic N) is 2. The molecule has 2 aliphatic heterocycles. The van der Waals surface area contributed by atoms with E-state index in [4.69, 9.17) is 9.15 Å². The number of ether oxygens (including phenoxy) is 1. The first-order valence-electron chi connectivity index (χ1n) is 8.34. The molecule has 2 N–H and O–H groups in total. The fraction of sp³-hybridized carbons (Fsp3) is 0.706. The van der Waals surface area contributed by atoms with Crippen LogP contribution < -0.4 is 5.32 Å². The number of rotatable bonds is 3. The van der Waals surface area contributed by atoms with E-state index >= 15 is 0 Å². The lowest BCUT2D eigenvalue weighted by molar-refractivity contribution is 0.0215. The molecule has 136 valence electrons. The van der Waals surface area contributed by atoms with Gasteiger partial charge in [-0.1, -0.05) is 0 Å². The lowest BCUT2D eigenvalue weighted by atomic mass is 9.80. The zero-order valence-corrected chi connectivity index (χ0v) is 16.8. The quantitative estimate of drug-likeness (QED) is 0.421. The second-order valence-corrected chi connectivity index (χ2v) is 6.94. The topological polar surface area (TPSA) is 70.2 Å². The van der Waals surface area contributed by atoms with Gasteiger partial charge in [0.2, 0.25) is 0 Å². The number of nitrogens with one attached hydrogen (secondary N) is 1. The summed E-state index contributed by atoms with van der Waals surface area (Å²) in [5.41, 5.74) is -0.686. The summed E-state index contributed by atoms with van der Waals surface area (Å²) in [6, 6.07) is 3.57. The van der Waals surface area contributed by atoms with E-state index in [0.717, 1.165) is 45.1 Å². The summed E-state index contributed by atoms with van der Waals surface area (Å²) in [4.78, 5) is 6.69. The van der Waals surface area contributed by atoms with Crippen LogP contribution in [-0.2, 0) is 10.3 Å². The van der Waals surface area contributed by atoms with Gasteiger partial charge in [-0.15, -0.1) is 24.0 Å². The van der Waals surface area contributed by atoms with Crippen LogP contribution in [0, 0.1) is 5.41 Å². The maximum atomic E-state index is 10.6. The van der Waals surface area contributed by atoms with Crippen molar-refractivity contribution in [2.24, 2.45) is 10.4 Å². The van der Waals surface area contributed by atoms with Gasteiger partial charge < -0.3 is 24.5 Å². The van der Waals surface area contributed by atoms with E-state index < -0.39 is 5.60 Å². The average Bonchev–Trinajstić information content (AvgIpc) is 3.20. The molecule has 1 spiro atoms. The van der Waals surface area contributed by atoms with Gasteiger partial charge in [0.1, 0.15) is 11.4 Å². The van der Waals surface area contributed by atoms with Crippen molar-refractivity contribution in [2.75, 3.05) is 39.9 Å². The first-order valence-corrected chi connectivity index (χ1v) is 8.34. The molecule has 0 aliphatic carbocycles. The Morgan fingerprint density at radius 1 is 1.42 bits per heavy atom. The van der Waals surface area contributed by atoms with Gasteiger partial charge in [-0.05, 0) is 43.7 Å². The number of hydrogen-bond donors (Lipinski definition) is 2. The van der Waals surface area contributed by atoms with Gasteiger partial charge in [0.05, 0.1) is 12.8 Å². The van der Waals surface area contributed by atoms with Crippen LogP contribution in [0.3, 0.4) is 0 Å². The molecule has 6 nitrogen and oxygen atoms in total. The van der Waals surface area contributed by atoms with Gasteiger partial charge in [0, 0.05) is 33.4 Å². The third-order valence-electron chi connectivity index (χ3n) is 5.15. The molecule has 1 unspecified atom stereocenters. The predicted octanol–water partition coefficient (Wildman–Crippen LogP) is 2.18. The Morgan fingerprint density at radius 2 is 2.17 bits per heavy atom. The highest BCUT2D eigenvalue weighted by atomic mass is 127. The van der Waals surface area contributed by atoms with Crippen LogP contribution in [0.15, 0.2) is 27.8 Å². The molecule has 2 fully saturated rings. The van der Waals surface area contributed by atoms with Crippen molar-refractivity contribution in [3.63, 3.8) is 0 Å². The number of guanidine groups is 1. The van der Waals surface area contributed by atoms with E-state index in [0.29, 0.717) is 17.7 Å². The number of aliphatic hydroxyl groups is 1. The van der Waals surface area contributed by atoms with Gasteiger partial charge in [0.15, 0.2) is 5.96 Å². The van der Waals surface area contributed by atoms with Crippen LogP contribution in [0.2, 0.25) is 0 Å². The van der Waals surface area contributed by atoms with Crippen molar-refractivity contribution in [3.05, 3.63) is 24.2 Å². The summed E-state index contributed by atoms with van der Waals surface area (Å²) in [6.07, 6.45) is 5.02. The van der Waals surface area contributed by atoms with E-state index in [1.807, 2.05) is 0 Å². The minimum atomic E-state index is -1.06. The van der Waals surface area contributed by atoms with Crippen LogP contribution in [-0.4, -0.2) is 55.9 Å². The number of halogens is 1. The van der Waals surface area contributed by atoms with Crippen LogP contribution >= 0.6 is 24.0 Å². The van der Waals surface area contributed by atoms with E-state index in [2.05, 4.69) is 15.2 Å². The Morgan fingerprint density at radius 3 is 2.79 bits per heavy atom. The lowest BCUT2D eigenvalue weighted by Crippen LogP contribution is -2.46. The predicted molar refractivity (Wildman–Crippen MR) is 104 cm³/mol. The maximum absolute atomic E-state index is 10.6. The third kappa shape index (κ3) is 4.23. The molecule has 0 aromatic carbocycles. The van der Waals surface area contributed by atoms with Crippen molar-refractivity contribution < 1.29 is 14.3 Å². The molecule has 3 rings (SSSR count). The van der Waals surface area contributed by atoms with E-state index in [-0.39, 0.29) is 24.0 Å². The molecule has 2 saturated heterocycles. The number of aliphatic imine (C=N–C) groups is 1. The Hall–Kier alpha value is -0.800. The van der Waals surface area contributed by atoms with Crippen LogP contribution in [0.4, 0.5) is 0 Å². The minimum Gasteiger partial charge on any atom is -0.466 e. The fourth-order valence-electron chi connectivity index (χ4n) is 3.58. The van der Waals surface area contributed by atoms with E-state index in [1.54, 1.807) is 32.4 Å². The van der Waals surface area contributed by atoms with Crippen LogP contribution in [0.25, 0.3) is 0 Å².